The number of carbonyl (C=O) groups is 2. The van der Waals surface area contributed by atoms with Crippen molar-refractivity contribution in [3.8, 4) is 0 Å². The van der Waals surface area contributed by atoms with Gasteiger partial charge in [-0.25, -0.2) is 9.59 Å². The quantitative estimate of drug-likeness (QED) is 0.766. The van der Waals surface area contributed by atoms with Crippen LogP contribution in [-0.2, 0) is 16.1 Å². The zero-order valence-electron chi connectivity index (χ0n) is 17.1. The summed E-state index contributed by atoms with van der Waals surface area (Å²) in [5.41, 5.74) is 0.454. The van der Waals surface area contributed by atoms with Gasteiger partial charge in [-0.3, -0.25) is 0 Å². The number of carbonyl (C=O) groups excluding carboxylic acids is 2. The number of hydrogen-bond donors (Lipinski definition) is 0. The van der Waals surface area contributed by atoms with Crippen LogP contribution in [0, 0.1) is 0 Å². The lowest BCUT2D eigenvalue weighted by atomic mass is 10.1. The summed E-state index contributed by atoms with van der Waals surface area (Å²) in [7, 11) is 0. The van der Waals surface area contributed by atoms with Gasteiger partial charge >= 0.3 is 12.2 Å². The topological polar surface area (TPSA) is 59.1 Å². The number of nitrogens with zero attached hydrogens (tertiary/aromatic N) is 2. The van der Waals surface area contributed by atoms with Crippen molar-refractivity contribution in [1.82, 2.24) is 9.80 Å². The van der Waals surface area contributed by atoms with Crippen LogP contribution in [0.1, 0.15) is 53.0 Å². The lowest BCUT2D eigenvalue weighted by molar-refractivity contribution is 0.0220. The summed E-state index contributed by atoms with van der Waals surface area (Å²) in [5.74, 6) is 0. The van der Waals surface area contributed by atoms with Crippen molar-refractivity contribution in [1.29, 1.82) is 0 Å². The smallest absolute Gasteiger partial charge is 0.410 e. The molecule has 2 atom stereocenters. The van der Waals surface area contributed by atoms with Crippen molar-refractivity contribution in [3.63, 3.8) is 0 Å². The van der Waals surface area contributed by atoms with Crippen LogP contribution in [-0.4, -0.2) is 52.8 Å². The zero-order valence-corrected chi connectivity index (χ0v) is 17.1. The molecule has 2 amide bonds. The third kappa shape index (κ3) is 5.37. The van der Waals surface area contributed by atoms with Crippen LogP contribution < -0.4 is 0 Å². The third-order valence-corrected chi connectivity index (χ3v) is 4.64. The minimum atomic E-state index is -0.512. The Hall–Kier alpha value is -2.24. The van der Waals surface area contributed by atoms with Gasteiger partial charge in [-0.15, -0.1) is 0 Å². The van der Waals surface area contributed by atoms with E-state index in [0.29, 0.717) is 13.1 Å². The number of amides is 2. The molecule has 0 N–H and O–H groups in total. The van der Waals surface area contributed by atoms with E-state index in [2.05, 4.69) is 0 Å². The van der Waals surface area contributed by atoms with Gasteiger partial charge in [0, 0.05) is 13.1 Å². The van der Waals surface area contributed by atoms with E-state index < -0.39 is 5.60 Å². The lowest BCUT2D eigenvalue weighted by Gasteiger charge is -2.28. The Bertz CT molecular complexity index is 627. The van der Waals surface area contributed by atoms with E-state index in [1.54, 1.807) is 9.80 Å². The average molecular weight is 376 g/mol. The maximum absolute atomic E-state index is 12.4. The Balaban J connectivity index is 0.00000126. The molecule has 1 aromatic carbocycles. The minimum Gasteiger partial charge on any atom is -0.445 e. The first kappa shape index (κ1) is 21.1. The number of fused-ring (bicyclic) bond motifs is 1. The number of ether oxygens (including phenoxy) is 2. The molecule has 27 heavy (non-hydrogen) atoms. The van der Waals surface area contributed by atoms with Gasteiger partial charge in [0.2, 0.25) is 0 Å². The number of hydrogen-bond acceptors (Lipinski definition) is 4. The van der Waals surface area contributed by atoms with Gasteiger partial charge in [0.1, 0.15) is 12.2 Å². The van der Waals surface area contributed by atoms with E-state index in [0.717, 1.165) is 18.4 Å². The fourth-order valence-electron chi connectivity index (χ4n) is 3.56. The van der Waals surface area contributed by atoms with Crippen molar-refractivity contribution in [2.45, 2.75) is 71.8 Å². The summed E-state index contributed by atoms with van der Waals surface area (Å²) in [6.07, 6.45) is 0.941. The van der Waals surface area contributed by atoms with Gasteiger partial charge in [-0.2, -0.15) is 0 Å². The molecule has 6 heteroatoms. The normalized spacial score (nSPS) is 21.2. The van der Waals surface area contributed by atoms with E-state index >= 15 is 0 Å². The predicted octanol–water partition coefficient (Wildman–Crippen LogP) is 4.43. The van der Waals surface area contributed by atoms with Gasteiger partial charge in [0.05, 0.1) is 12.1 Å². The SMILES string of the molecule is CC.CC(C)(C)OC(=O)N1CCC2C1CCN2C(=O)OCc1ccccc1. The standard InChI is InChI=1S/C19H26N2O4.C2H6/c1-19(2,3)25-18(23)21-12-10-15-16(21)9-11-20(15)17(22)24-13-14-7-5-4-6-8-14;1-2/h4-8,15-16H,9-13H2,1-3H3;1-2H3. The van der Waals surface area contributed by atoms with Crippen LogP contribution in [0.5, 0.6) is 0 Å². The highest BCUT2D eigenvalue weighted by Crippen LogP contribution is 2.33. The lowest BCUT2D eigenvalue weighted by Crippen LogP contribution is -2.43. The summed E-state index contributed by atoms with van der Waals surface area (Å²) in [4.78, 5) is 28.3. The monoisotopic (exact) mass is 376 g/mol. The van der Waals surface area contributed by atoms with E-state index in [-0.39, 0.29) is 30.9 Å². The van der Waals surface area contributed by atoms with E-state index in [4.69, 9.17) is 9.47 Å². The van der Waals surface area contributed by atoms with Crippen LogP contribution >= 0.6 is 0 Å². The van der Waals surface area contributed by atoms with Gasteiger partial charge < -0.3 is 19.3 Å². The molecular weight excluding hydrogens is 344 g/mol. The van der Waals surface area contributed by atoms with Crippen molar-refractivity contribution in [2.24, 2.45) is 0 Å². The zero-order chi connectivity index (χ0) is 20.0. The molecule has 6 nitrogen and oxygen atoms in total. The van der Waals surface area contributed by atoms with Crippen LogP contribution in [0.3, 0.4) is 0 Å². The third-order valence-electron chi connectivity index (χ3n) is 4.64. The molecule has 2 unspecified atom stereocenters. The highest BCUT2D eigenvalue weighted by molar-refractivity contribution is 5.71. The van der Waals surface area contributed by atoms with E-state index in [1.165, 1.54) is 0 Å². The largest absolute Gasteiger partial charge is 0.445 e. The van der Waals surface area contributed by atoms with Crippen molar-refractivity contribution in [2.75, 3.05) is 13.1 Å². The average Bonchev–Trinajstić information content (AvgIpc) is 3.22. The molecule has 2 heterocycles. The molecule has 0 bridgehead atoms. The second-order valence-corrected chi connectivity index (χ2v) is 7.62. The molecule has 0 spiro atoms. The Morgan fingerprint density at radius 3 is 2.00 bits per heavy atom. The molecule has 2 aliphatic rings. The molecule has 2 fully saturated rings. The molecule has 0 radical (unpaired) electrons. The molecule has 2 aliphatic heterocycles. The van der Waals surface area contributed by atoms with Crippen LogP contribution in [0.2, 0.25) is 0 Å². The second-order valence-electron chi connectivity index (χ2n) is 7.62. The fraction of sp³-hybridized carbons (Fsp3) is 0.619. The molecule has 2 saturated heterocycles. The molecule has 1 aromatic rings. The highest BCUT2D eigenvalue weighted by Gasteiger charge is 2.47. The first-order chi connectivity index (χ1) is 12.8. The molecule has 150 valence electrons. The Morgan fingerprint density at radius 1 is 0.963 bits per heavy atom. The summed E-state index contributed by atoms with van der Waals surface area (Å²) < 4.78 is 10.9. The first-order valence-electron chi connectivity index (χ1n) is 9.82. The molecule has 0 aromatic heterocycles. The highest BCUT2D eigenvalue weighted by atomic mass is 16.6. The van der Waals surface area contributed by atoms with E-state index in [9.17, 15) is 9.59 Å². The molecule has 3 rings (SSSR count). The fourth-order valence-corrected chi connectivity index (χ4v) is 3.56. The summed E-state index contributed by atoms with van der Waals surface area (Å²) in [6.45, 7) is 11.1. The van der Waals surface area contributed by atoms with Crippen molar-refractivity contribution in [3.05, 3.63) is 35.9 Å². The summed E-state index contributed by atoms with van der Waals surface area (Å²) in [6, 6.07) is 9.69. The van der Waals surface area contributed by atoms with Crippen molar-refractivity contribution < 1.29 is 19.1 Å². The molecule has 0 saturated carbocycles. The first-order valence-corrected chi connectivity index (χ1v) is 9.82. The molecular formula is C21H32N2O4. The number of rotatable bonds is 2. The van der Waals surface area contributed by atoms with Crippen LogP contribution in [0.25, 0.3) is 0 Å². The maximum atomic E-state index is 12.4. The number of likely N-dealkylation sites (tertiary alicyclic amines) is 2. The van der Waals surface area contributed by atoms with Crippen molar-refractivity contribution >= 4 is 12.2 Å². The summed E-state index contributed by atoms with van der Waals surface area (Å²) in [5, 5.41) is 0. The summed E-state index contributed by atoms with van der Waals surface area (Å²) >= 11 is 0. The van der Waals surface area contributed by atoms with Gasteiger partial charge in [-0.05, 0) is 39.2 Å². The molecule has 0 aliphatic carbocycles. The Morgan fingerprint density at radius 2 is 1.48 bits per heavy atom. The second kappa shape index (κ2) is 9.11. The van der Waals surface area contributed by atoms with E-state index in [1.807, 2.05) is 65.0 Å². The minimum absolute atomic E-state index is 0.0239. The number of benzene rings is 1. The maximum Gasteiger partial charge on any atom is 0.410 e. The van der Waals surface area contributed by atoms with Gasteiger partial charge in [-0.1, -0.05) is 44.2 Å². The van der Waals surface area contributed by atoms with Crippen LogP contribution in [0.4, 0.5) is 9.59 Å². The van der Waals surface area contributed by atoms with Crippen LogP contribution in [0.15, 0.2) is 30.3 Å². The van der Waals surface area contributed by atoms with Gasteiger partial charge in [0.15, 0.2) is 0 Å². The Kier molecular flexibility index (Phi) is 7.11. The Labute approximate surface area is 162 Å². The predicted molar refractivity (Wildman–Crippen MR) is 104 cm³/mol. The van der Waals surface area contributed by atoms with Gasteiger partial charge in [0.25, 0.3) is 0 Å².